The Bertz CT molecular complexity index is 350. The summed E-state index contributed by atoms with van der Waals surface area (Å²) in [5, 5.41) is 20.0. The van der Waals surface area contributed by atoms with Gasteiger partial charge >= 0.3 is 5.69 Å². The highest BCUT2D eigenvalue weighted by atomic mass is 16.6. The average molecular weight is 196 g/mol. The van der Waals surface area contributed by atoms with Gasteiger partial charge in [-0.05, 0) is 13.3 Å². The molecule has 76 valence electrons. The molecule has 5 nitrogen and oxygen atoms in total. The fourth-order valence-corrected chi connectivity index (χ4v) is 1.24. The fraction of sp³-hybridized carbons (Fsp3) is 0.333. The molecule has 0 fully saturated rings. The number of rotatable bonds is 3. The summed E-state index contributed by atoms with van der Waals surface area (Å²) in [6.07, 6.45) is 0.424. The Balaban J connectivity index is 3.07. The predicted molar refractivity (Wildman–Crippen MR) is 52.1 cm³/mol. The highest BCUT2D eigenvalue weighted by Gasteiger charge is 2.16. The Kier molecular flexibility index (Phi) is 3.03. The second-order valence-electron chi connectivity index (χ2n) is 3.22. The van der Waals surface area contributed by atoms with Crippen molar-refractivity contribution in [2.45, 2.75) is 19.4 Å². The normalized spacial score (nSPS) is 12.4. The molecule has 1 rings (SSSR count). The predicted octanol–water partition coefficient (Wildman–Crippen LogP) is 1.19. The van der Waals surface area contributed by atoms with Gasteiger partial charge in [0.1, 0.15) is 0 Å². The number of benzene rings is 1. The summed E-state index contributed by atoms with van der Waals surface area (Å²) in [6.45, 7) is 1.78. The van der Waals surface area contributed by atoms with E-state index in [-0.39, 0.29) is 17.5 Å². The Morgan fingerprint density at radius 1 is 1.64 bits per heavy atom. The minimum absolute atomic E-state index is 0.136. The number of nitro groups is 1. The maximum Gasteiger partial charge on any atom is 0.310 e. The van der Waals surface area contributed by atoms with Crippen molar-refractivity contribution in [2.75, 3.05) is 0 Å². The second kappa shape index (κ2) is 4.06. The summed E-state index contributed by atoms with van der Waals surface area (Å²) in [6, 6.07) is 4.30. The van der Waals surface area contributed by atoms with E-state index in [1.54, 1.807) is 13.0 Å². The lowest BCUT2D eigenvalue weighted by Gasteiger charge is -2.06. The van der Waals surface area contributed by atoms with Gasteiger partial charge in [-0.1, -0.05) is 12.1 Å². The quantitative estimate of drug-likeness (QED) is 0.561. The van der Waals surface area contributed by atoms with Crippen LogP contribution in [0.5, 0.6) is 5.75 Å². The van der Waals surface area contributed by atoms with Crippen LogP contribution in [0.4, 0.5) is 5.69 Å². The molecule has 0 radical (unpaired) electrons. The van der Waals surface area contributed by atoms with Crippen LogP contribution in [-0.4, -0.2) is 16.1 Å². The number of phenols is 1. The number of hydrogen-bond acceptors (Lipinski definition) is 4. The van der Waals surface area contributed by atoms with E-state index in [1.165, 1.54) is 12.1 Å². The van der Waals surface area contributed by atoms with Gasteiger partial charge in [0.15, 0.2) is 5.75 Å². The molecule has 0 bridgehead atoms. The molecule has 1 aromatic carbocycles. The molecule has 0 saturated heterocycles. The van der Waals surface area contributed by atoms with E-state index in [0.29, 0.717) is 12.0 Å². The van der Waals surface area contributed by atoms with E-state index in [1.807, 2.05) is 0 Å². The van der Waals surface area contributed by atoms with E-state index in [9.17, 15) is 15.2 Å². The lowest BCUT2D eigenvalue weighted by atomic mass is 10.1. The van der Waals surface area contributed by atoms with E-state index < -0.39 is 4.92 Å². The minimum atomic E-state index is -0.611. The smallest absolute Gasteiger partial charge is 0.310 e. The van der Waals surface area contributed by atoms with Crippen molar-refractivity contribution in [1.82, 2.24) is 0 Å². The molecule has 0 aliphatic heterocycles. The third-order valence-electron chi connectivity index (χ3n) is 1.84. The summed E-state index contributed by atoms with van der Waals surface area (Å²) >= 11 is 0. The van der Waals surface area contributed by atoms with Gasteiger partial charge in [0.25, 0.3) is 0 Å². The first-order chi connectivity index (χ1) is 6.52. The van der Waals surface area contributed by atoms with Gasteiger partial charge in [0.2, 0.25) is 0 Å². The summed E-state index contributed by atoms with van der Waals surface area (Å²) in [5.74, 6) is -0.283. The molecule has 0 heterocycles. The van der Waals surface area contributed by atoms with E-state index >= 15 is 0 Å². The van der Waals surface area contributed by atoms with Crippen LogP contribution in [0.3, 0.4) is 0 Å². The van der Waals surface area contributed by atoms with Crippen LogP contribution in [0.15, 0.2) is 18.2 Å². The van der Waals surface area contributed by atoms with Crippen molar-refractivity contribution in [3.05, 3.63) is 33.9 Å². The zero-order valence-electron chi connectivity index (χ0n) is 7.80. The molecule has 0 spiro atoms. The van der Waals surface area contributed by atoms with Crippen molar-refractivity contribution >= 4 is 5.69 Å². The topological polar surface area (TPSA) is 89.4 Å². The van der Waals surface area contributed by atoms with Gasteiger partial charge in [-0.2, -0.15) is 0 Å². The molecule has 1 aromatic rings. The van der Waals surface area contributed by atoms with Crippen molar-refractivity contribution in [2.24, 2.45) is 5.73 Å². The second-order valence-corrected chi connectivity index (χ2v) is 3.22. The molecule has 0 amide bonds. The van der Waals surface area contributed by atoms with Crippen LogP contribution in [0, 0.1) is 10.1 Å². The summed E-state index contributed by atoms with van der Waals surface area (Å²) in [5.41, 5.74) is 5.77. The van der Waals surface area contributed by atoms with Crippen molar-refractivity contribution in [3.63, 3.8) is 0 Å². The van der Waals surface area contributed by atoms with Crippen LogP contribution in [-0.2, 0) is 6.42 Å². The van der Waals surface area contributed by atoms with Gasteiger partial charge in [-0.25, -0.2) is 0 Å². The summed E-state index contributed by atoms with van der Waals surface area (Å²) in [4.78, 5) is 9.86. The molecule has 1 unspecified atom stereocenters. The standard InChI is InChI=1S/C9H12N2O3/c1-6(10)5-7-3-2-4-8(9(7)12)11(13)14/h2-4,6,12H,5,10H2,1H3. The van der Waals surface area contributed by atoms with Gasteiger partial charge in [-0.15, -0.1) is 0 Å². The molecule has 1 atom stereocenters. The largest absolute Gasteiger partial charge is 0.502 e. The lowest BCUT2D eigenvalue weighted by molar-refractivity contribution is -0.385. The number of nitrogens with two attached hydrogens (primary N) is 1. The maximum atomic E-state index is 10.5. The Morgan fingerprint density at radius 2 is 2.29 bits per heavy atom. The number of phenolic OH excluding ortho intramolecular Hbond substituents is 1. The highest BCUT2D eigenvalue weighted by molar-refractivity contribution is 5.50. The monoisotopic (exact) mass is 196 g/mol. The van der Waals surface area contributed by atoms with E-state index in [0.717, 1.165) is 0 Å². The van der Waals surface area contributed by atoms with E-state index in [2.05, 4.69) is 0 Å². The number of nitrogens with zero attached hydrogens (tertiary/aromatic N) is 1. The van der Waals surface area contributed by atoms with Crippen LogP contribution in [0.25, 0.3) is 0 Å². The molecule has 0 aliphatic rings. The molecule has 5 heteroatoms. The molecule has 0 saturated carbocycles. The molecular weight excluding hydrogens is 184 g/mol. The first kappa shape index (κ1) is 10.5. The van der Waals surface area contributed by atoms with Crippen LogP contribution in [0.2, 0.25) is 0 Å². The number of nitro benzene ring substituents is 1. The van der Waals surface area contributed by atoms with Crippen LogP contribution >= 0.6 is 0 Å². The fourth-order valence-electron chi connectivity index (χ4n) is 1.24. The van der Waals surface area contributed by atoms with Crippen molar-refractivity contribution < 1.29 is 10.0 Å². The minimum Gasteiger partial charge on any atom is -0.502 e. The zero-order chi connectivity index (χ0) is 10.7. The Hall–Kier alpha value is -1.62. The first-order valence-electron chi connectivity index (χ1n) is 4.23. The summed E-state index contributed by atoms with van der Waals surface area (Å²) < 4.78 is 0. The average Bonchev–Trinajstić information content (AvgIpc) is 2.07. The van der Waals surface area contributed by atoms with Gasteiger partial charge in [0.05, 0.1) is 4.92 Å². The third kappa shape index (κ3) is 2.20. The van der Waals surface area contributed by atoms with Crippen LogP contribution in [0.1, 0.15) is 12.5 Å². The molecule has 0 aromatic heterocycles. The van der Waals surface area contributed by atoms with E-state index in [4.69, 9.17) is 5.73 Å². The lowest BCUT2D eigenvalue weighted by Crippen LogP contribution is -2.17. The van der Waals surface area contributed by atoms with Gasteiger partial charge in [0, 0.05) is 17.7 Å². The zero-order valence-corrected chi connectivity index (χ0v) is 7.80. The maximum absolute atomic E-state index is 10.5. The van der Waals surface area contributed by atoms with Crippen LogP contribution < -0.4 is 5.73 Å². The number of aromatic hydroxyl groups is 1. The van der Waals surface area contributed by atoms with Crippen molar-refractivity contribution in [3.8, 4) is 5.75 Å². The molecule has 0 aliphatic carbocycles. The summed E-state index contributed by atoms with van der Waals surface area (Å²) in [7, 11) is 0. The third-order valence-corrected chi connectivity index (χ3v) is 1.84. The Labute approximate surface area is 81.3 Å². The SMILES string of the molecule is CC(N)Cc1cccc([N+](=O)[O-])c1O. The van der Waals surface area contributed by atoms with Crippen molar-refractivity contribution in [1.29, 1.82) is 0 Å². The first-order valence-corrected chi connectivity index (χ1v) is 4.23. The molecule has 14 heavy (non-hydrogen) atoms. The molecular formula is C9H12N2O3. The van der Waals surface area contributed by atoms with Gasteiger partial charge in [-0.3, -0.25) is 10.1 Å². The molecule has 3 N–H and O–H groups in total. The number of para-hydroxylation sites is 1. The highest BCUT2D eigenvalue weighted by Crippen LogP contribution is 2.29. The van der Waals surface area contributed by atoms with Gasteiger partial charge < -0.3 is 10.8 Å². The Morgan fingerprint density at radius 3 is 2.79 bits per heavy atom. The number of hydrogen-bond donors (Lipinski definition) is 2.